The third-order valence-electron chi connectivity index (χ3n) is 7.03. The Hall–Kier alpha value is -3.17. The van der Waals surface area contributed by atoms with Crippen molar-refractivity contribution in [1.29, 1.82) is 0 Å². The molecule has 10 heteroatoms. The summed E-state index contributed by atoms with van der Waals surface area (Å²) in [6.45, 7) is 2.59. The second kappa shape index (κ2) is 13.3. The summed E-state index contributed by atoms with van der Waals surface area (Å²) in [5.41, 5.74) is 1.67. The second-order valence-corrected chi connectivity index (χ2v) is 10.9. The van der Waals surface area contributed by atoms with Gasteiger partial charge >= 0.3 is 0 Å². The van der Waals surface area contributed by atoms with Crippen molar-refractivity contribution in [2.24, 2.45) is 5.92 Å². The average Bonchev–Trinajstić information content (AvgIpc) is 3.73. The molecule has 1 aliphatic carbocycles. The number of ether oxygens (including phenoxy) is 1. The maximum Gasteiger partial charge on any atom is 0.242 e. The lowest BCUT2D eigenvalue weighted by atomic mass is 10.0. The zero-order chi connectivity index (χ0) is 27.9. The number of halogens is 2. The van der Waals surface area contributed by atoms with E-state index in [1.807, 2.05) is 19.1 Å². The van der Waals surface area contributed by atoms with Crippen LogP contribution >= 0.6 is 11.6 Å². The van der Waals surface area contributed by atoms with Crippen molar-refractivity contribution < 1.29 is 23.5 Å². The number of nitrogens with one attached hydrogen (secondary N) is 3. The van der Waals surface area contributed by atoms with Gasteiger partial charge in [-0.25, -0.2) is 4.39 Å². The number of amides is 3. The predicted molar refractivity (Wildman–Crippen MR) is 147 cm³/mol. The number of carbonyl (C=O) groups is 3. The SMILES string of the molecule is C[C@@H]1CN[C@@H](C2CC2)C(=O)N(C)CC(=O)N[C@H](Cc2ccc(F)cc2)C(=O)NCCCc2ccc(Cl)cc2O1. The van der Waals surface area contributed by atoms with Crippen LogP contribution in [-0.2, 0) is 27.2 Å². The molecule has 1 fully saturated rings. The second-order valence-electron chi connectivity index (χ2n) is 10.4. The van der Waals surface area contributed by atoms with Crippen LogP contribution in [-0.4, -0.2) is 67.5 Å². The van der Waals surface area contributed by atoms with E-state index in [1.165, 1.54) is 17.0 Å². The molecule has 0 aromatic heterocycles. The van der Waals surface area contributed by atoms with Gasteiger partial charge in [0, 0.05) is 31.6 Å². The van der Waals surface area contributed by atoms with E-state index in [0.717, 1.165) is 18.4 Å². The van der Waals surface area contributed by atoms with Gasteiger partial charge in [-0.1, -0.05) is 29.8 Å². The fourth-order valence-corrected chi connectivity index (χ4v) is 4.89. The van der Waals surface area contributed by atoms with E-state index in [-0.39, 0.29) is 42.6 Å². The molecule has 2 aliphatic rings. The molecule has 4 rings (SSSR count). The first-order valence-corrected chi connectivity index (χ1v) is 13.8. The maximum atomic E-state index is 13.4. The van der Waals surface area contributed by atoms with Gasteiger partial charge in [-0.2, -0.15) is 0 Å². The van der Waals surface area contributed by atoms with E-state index in [9.17, 15) is 18.8 Å². The number of nitrogens with zero attached hydrogens (tertiary/aromatic N) is 1. The molecule has 8 nitrogen and oxygen atoms in total. The molecule has 3 amide bonds. The number of rotatable bonds is 3. The summed E-state index contributed by atoms with van der Waals surface area (Å²) in [5.74, 6) is -0.454. The molecular formula is C29H36ClFN4O4. The predicted octanol–water partition coefficient (Wildman–Crippen LogP) is 2.86. The minimum atomic E-state index is -0.877. The van der Waals surface area contributed by atoms with Gasteiger partial charge in [-0.05, 0) is 73.9 Å². The Morgan fingerprint density at radius 1 is 1.10 bits per heavy atom. The topological polar surface area (TPSA) is 99.8 Å². The number of likely N-dealkylation sites (N-methyl/N-ethyl adjacent to an activating group) is 1. The normalized spacial score (nSPS) is 24.1. The standard InChI is InChI=1S/C29H36ClFN4O4/c1-18-16-33-27(21-7-8-21)29(38)35(2)17-26(36)34-24(14-19-5-11-23(31)12-6-19)28(37)32-13-3-4-20-9-10-22(30)15-25(20)39-18/h5-6,9-12,15,18,21,24,27,33H,3-4,7-8,13-14,16-17H2,1-2H3,(H,32,37)(H,34,36)/t18-,24-,27+/m1/s1. The Bertz CT molecular complexity index is 1170. The number of benzene rings is 2. The van der Waals surface area contributed by atoms with Gasteiger partial charge in [0.1, 0.15) is 23.7 Å². The van der Waals surface area contributed by atoms with E-state index in [0.29, 0.717) is 42.3 Å². The van der Waals surface area contributed by atoms with Gasteiger partial charge in [0.25, 0.3) is 0 Å². The molecule has 39 heavy (non-hydrogen) atoms. The van der Waals surface area contributed by atoms with Crippen molar-refractivity contribution in [3.8, 4) is 5.75 Å². The number of fused-ring (bicyclic) bond motifs is 1. The number of hydrogen-bond acceptors (Lipinski definition) is 5. The van der Waals surface area contributed by atoms with E-state index in [4.69, 9.17) is 16.3 Å². The molecular weight excluding hydrogens is 523 g/mol. The van der Waals surface area contributed by atoms with Crippen LogP contribution in [0.4, 0.5) is 4.39 Å². The molecule has 1 saturated carbocycles. The molecule has 0 bridgehead atoms. The molecule has 3 N–H and O–H groups in total. The van der Waals surface area contributed by atoms with Crippen molar-refractivity contribution in [2.75, 3.05) is 26.7 Å². The highest BCUT2D eigenvalue weighted by molar-refractivity contribution is 6.30. The number of hydrogen-bond donors (Lipinski definition) is 3. The summed E-state index contributed by atoms with van der Waals surface area (Å²) in [6.07, 6.45) is 3.14. The fraction of sp³-hybridized carbons (Fsp3) is 0.483. The van der Waals surface area contributed by atoms with Crippen LogP contribution in [0.2, 0.25) is 5.02 Å². The Morgan fingerprint density at radius 2 is 1.85 bits per heavy atom. The van der Waals surface area contributed by atoms with Crippen LogP contribution < -0.4 is 20.7 Å². The number of aryl methyl sites for hydroxylation is 1. The lowest BCUT2D eigenvalue weighted by molar-refractivity contribution is -0.137. The summed E-state index contributed by atoms with van der Waals surface area (Å²) >= 11 is 6.24. The Balaban J connectivity index is 1.54. The quantitative estimate of drug-likeness (QED) is 0.538. The highest BCUT2D eigenvalue weighted by Gasteiger charge is 2.38. The highest BCUT2D eigenvalue weighted by Crippen LogP contribution is 2.33. The third-order valence-corrected chi connectivity index (χ3v) is 7.26. The molecule has 0 spiro atoms. The van der Waals surface area contributed by atoms with Gasteiger partial charge in [0.2, 0.25) is 17.7 Å². The molecule has 0 saturated heterocycles. The van der Waals surface area contributed by atoms with Crippen molar-refractivity contribution in [3.63, 3.8) is 0 Å². The molecule has 2 aromatic carbocycles. The fourth-order valence-electron chi connectivity index (χ4n) is 4.73. The molecule has 0 radical (unpaired) electrons. The highest BCUT2D eigenvalue weighted by atomic mass is 35.5. The zero-order valence-corrected chi connectivity index (χ0v) is 23.1. The molecule has 3 atom stereocenters. The zero-order valence-electron chi connectivity index (χ0n) is 22.3. The van der Waals surface area contributed by atoms with E-state index < -0.39 is 18.0 Å². The molecule has 0 unspecified atom stereocenters. The molecule has 2 aromatic rings. The Labute approximate surface area is 233 Å². The smallest absolute Gasteiger partial charge is 0.242 e. The minimum absolute atomic E-state index is 0.177. The lowest BCUT2D eigenvalue weighted by Crippen LogP contribution is -2.53. The van der Waals surface area contributed by atoms with Crippen LogP contribution in [0.5, 0.6) is 5.75 Å². The summed E-state index contributed by atoms with van der Waals surface area (Å²) < 4.78 is 19.6. The summed E-state index contributed by atoms with van der Waals surface area (Å²) in [6, 6.07) is 10.0. The van der Waals surface area contributed by atoms with Crippen molar-refractivity contribution >= 4 is 29.3 Å². The monoisotopic (exact) mass is 558 g/mol. The lowest BCUT2D eigenvalue weighted by Gasteiger charge is -2.27. The van der Waals surface area contributed by atoms with E-state index >= 15 is 0 Å². The van der Waals surface area contributed by atoms with E-state index in [1.54, 1.807) is 25.2 Å². The van der Waals surface area contributed by atoms with Crippen molar-refractivity contribution in [3.05, 3.63) is 64.4 Å². The molecule has 1 heterocycles. The first-order chi connectivity index (χ1) is 18.7. The average molecular weight is 559 g/mol. The van der Waals surface area contributed by atoms with Crippen LogP contribution in [0, 0.1) is 11.7 Å². The Kier molecular flexibility index (Phi) is 9.80. The van der Waals surface area contributed by atoms with Gasteiger partial charge < -0.3 is 25.6 Å². The van der Waals surface area contributed by atoms with Gasteiger partial charge in [-0.3, -0.25) is 14.4 Å². The molecule has 1 aliphatic heterocycles. The molecule has 210 valence electrons. The van der Waals surface area contributed by atoms with Crippen LogP contribution in [0.1, 0.15) is 37.3 Å². The number of carbonyl (C=O) groups excluding carboxylic acids is 3. The van der Waals surface area contributed by atoms with Gasteiger partial charge in [0.05, 0.1) is 12.6 Å². The van der Waals surface area contributed by atoms with Gasteiger partial charge in [-0.15, -0.1) is 0 Å². The summed E-state index contributed by atoms with van der Waals surface area (Å²) in [7, 11) is 1.59. The summed E-state index contributed by atoms with van der Waals surface area (Å²) in [4.78, 5) is 40.8. The van der Waals surface area contributed by atoms with Crippen LogP contribution in [0.15, 0.2) is 42.5 Å². The maximum absolute atomic E-state index is 13.4. The third kappa shape index (κ3) is 8.41. The van der Waals surface area contributed by atoms with Crippen molar-refractivity contribution in [1.82, 2.24) is 20.9 Å². The van der Waals surface area contributed by atoms with Gasteiger partial charge in [0.15, 0.2) is 0 Å². The summed E-state index contributed by atoms with van der Waals surface area (Å²) in [5, 5.41) is 9.60. The first kappa shape index (κ1) is 28.8. The first-order valence-electron chi connectivity index (χ1n) is 13.4. The minimum Gasteiger partial charge on any atom is -0.489 e. The van der Waals surface area contributed by atoms with Crippen LogP contribution in [0.25, 0.3) is 0 Å². The Morgan fingerprint density at radius 3 is 2.56 bits per heavy atom. The van der Waals surface area contributed by atoms with Crippen LogP contribution in [0.3, 0.4) is 0 Å². The van der Waals surface area contributed by atoms with E-state index in [2.05, 4.69) is 16.0 Å². The largest absolute Gasteiger partial charge is 0.489 e. The van der Waals surface area contributed by atoms with Crippen molar-refractivity contribution in [2.45, 2.75) is 57.2 Å².